The van der Waals surface area contributed by atoms with Gasteiger partial charge in [-0.3, -0.25) is 14.6 Å². The van der Waals surface area contributed by atoms with Crippen molar-refractivity contribution in [1.29, 1.82) is 0 Å². The largest absolute Gasteiger partial charge is 0.507 e. The van der Waals surface area contributed by atoms with Crippen LogP contribution in [0.3, 0.4) is 0 Å². The van der Waals surface area contributed by atoms with Crippen LogP contribution in [0.4, 0.5) is 32.0 Å². The molecule has 1 N–H and O–H groups in total. The number of hydrogen-bond donors (Lipinski definition) is 1. The molecule has 13 heteroatoms. The summed E-state index contributed by atoms with van der Waals surface area (Å²) in [6.45, 7) is 1.87. The van der Waals surface area contributed by atoms with Crippen molar-refractivity contribution in [2.45, 2.75) is 44.6 Å². The molecule has 3 aromatic rings. The van der Waals surface area contributed by atoms with E-state index in [1.165, 1.54) is 0 Å². The van der Waals surface area contributed by atoms with Crippen LogP contribution in [0.25, 0.3) is 11.6 Å². The van der Waals surface area contributed by atoms with Crippen molar-refractivity contribution in [3.8, 4) is 5.75 Å². The third kappa shape index (κ3) is 6.34. The second kappa shape index (κ2) is 12.2. The second-order valence-corrected chi connectivity index (χ2v) is 12.8. The van der Waals surface area contributed by atoms with E-state index < -0.39 is 64.8 Å². The van der Waals surface area contributed by atoms with Crippen LogP contribution in [-0.2, 0) is 26.7 Å². The highest BCUT2D eigenvalue weighted by molar-refractivity contribution is 9.10. The van der Waals surface area contributed by atoms with E-state index in [0.717, 1.165) is 21.2 Å². The quantitative estimate of drug-likeness (QED) is 0.157. The first-order chi connectivity index (χ1) is 22.1. The van der Waals surface area contributed by atoms with Gasteiger partial charge in [0.1, 0.15) is 5.75 Å². The molecule has 2 aromatic carbocycles. The zero-order valence-corrected chi connectivity index (χ0v) is 26.3. The van der Waals surface area contributed by atoms with Crippen molar-refractivity contribution in [2.24, 2.45) is 17.8 Å². The van der Waals surface area contributed by atoms with Crippen LogP contribution in [-0.4, -0.2) is 34.6 Å². The minimum atomic E-state index is -5.13. The van der Waals surface area contributed by atoms with E-state index in [9.17, 15) is 41.0 Å². The van der Waals surface area contributed by atoms with E-state index >= 15 is 0 Å². The fourth-order valence-corrected chi connectivity index (χ4v) is 7.27. The van der Waals surface area contributed by atoms with Crippen molar-refractivity contribution in [1.82, 2.24) is 4.98 Å². The maximum atomic E-state index is 13.8. The lowest BCUT2D eigenvalue weighted by atomic mass is 9.70. The normalized spacial score (nSPS) is 23.4. The van der Waals surface area contributed by atoms with Gasteiger partial charge in [-0.1, -0.05) is 27.6 Å². The summed E-state index contributed by atoms with van der Waals surface area (Å²) < 4.78 is 88.4. The molecule has 0 bridgehead atoms. The van der Waals surface area contributed by atoms with E-state index in [1.54, 1.807) is 30.5 Å². The Hall–Kier alpha value is -3.97. The molecule has 2 fully saturated rings. The zero-order chi connectivity index (χ0) is 33.8. The molecule has 0 unspecified atom stereocenters. The van der Waals surface area contributed by atoms with Crippen molar-refractivity contribution in [2.75, 3.05) is 11.5 Å². The predicted molar refractivity (Wildman–Crippen MR) is 164 cm³/mol. The number of allylic oxidation sites excluding steroid dienone is 2. The number of aromatic nitrogens is 1. The van der Waals surface area contributed by atoms with Crippen LogP contribution in [0.1, 0.15) is 48.6 Å². The lowest BCUT2D eigenvalue weighted by Crippen LogP contribution is -2.34. The number of aromatic hydroxyl groups is 1. The highest BCUT2D eigenvalue weighted by Crippen LogP contribution is 2.51. The Morgan fingerprint density at radius 3 is 2.34 bits per heavy atom. The third-order valence-corrected chi connectivity index (χ3v) is 9.47. The Morgan fingerprint density at radius 2 is 1.70 bits per heavy atom. The molecule has 0 radical (unpaired) electrons. The average Bonchev–Trinajstić information content (AvgIpc) is 3.54. The Bertz CT molecular complexity index is 1770. The van der Waals surface area contributed by atoms with Gasteiger partial charge in [0.2, 0.25) is 11.8 Å². The number of phenolic OH excluding ortho intramolecular Hbond substituents is 1. The number of fused-ring (bicyclic) bond motifs is 3. The molecule has 6 rings (SSSR count). The summed E-state index contributed by atoms with van der Waals surface area (Å²) in [5.74, 6) is -4.09. The average molecular weight is 721 g/mol. The number of anilines is 1. The van der Waals surface area contributed by atoms with E-state index in [-0.39, 0.29) is 24.8 Å². The number of alkyl halides is 6. The van der Waals surface area contributed by atoms with Crippen LogP contribution in [0.15, 0.2) is 76.4 Å². The topological polar surface area (TPSA) is 79.7 Å². The number of nitrogens with zero attached hydrogens (tertiary/aromatic N) is 2. The Labute approximate surface area is 273 Å². The first-order valence-electron chi connectivity index (χ1n) is 14.7. The van der Waals surface area contributed by atoms with E-state index in [1.807, 2.05) is 25.1 Å². The summed E-state index contributed by atoms with van der Waals surface area (Å²) >= 11 is 3.42. The number of ether oxygens (including phenoxy) is 1. The fraction of sp³-hybridized carbons (Fsp3) is 0.324. The van der Waals surface area contributed by atoms with Gasteiger partial charge in [0.15, 0.2) is 0 Å². The van der Waals surface area contributed by atoms with Crippen LogP contribution in [0, 0.1) is 17.8 Å². The number of benzene rings is 2. The first-order valence-corrected chi connectivity index (χ1v) is 15.5. The number of imide groups is 1. The van der Waals surface area contributed by atoms with Crippen molar-refractivity contribution in [3.05, 3.63) is 98.8 Å². The van der Waals surface area contributed by atoms with E-state index in [0.29, 0.717) is 41.1 Å². The molecule has 3 heterocycles. The molecule has 0 spiro atoms. The molecule has 6 nitrogen and oxygen atoms in total. The monoisotopic (exact) mass is 720 g/mol. The number of amides is 2. The second-order valence-electron chi connectivity index (χ2n) is 11.9. The summed E-state index contributed by atoms with van der Waals surface area (Å²) in [5.41, 5.74) is -0.292. The van der Waals surface area contributed by atoms with Crippen LogP contribution >= 0.6 is 15.9 Å². The number of pyridine rings is 1. The van der Waals surface area contributed by atoms with Crippen LogP contribution in [0.5, 0.6) is 5.75 Å². The number of phenols is 1. The Morgan fingerprint density at radius 1 is 1.00 bits per heavy atom. The minimum absolute atomic E-state index is 0.0353. The lowest BCUT2D eigenvalue weighted by molar-refractivity contribution is -0.143. The summed E-state index contributed by atoms with van der Waals surface area (Å²) in [7, 11) is 0. The van der Waals surface area contributed by atoms with Gasteiger partial charge < -0.3 is 9.84 Å². The molecule has 1 aliphatic carbocycles. The number of hydrogen-bond acceptors (Lipinski definition) is 5. The predicted octanol–water partition coefficient (Wildman–Crippen LogP) is 8.45. The smallest absolute Gasteiger partial charge is 0.416 e. The van der Waals surface area contributed by atoms with Crippen LogP contribution < -0.4 is 4.90 Å². The third-order valence-electron chi connectivity index (χ3n) is 8.97. The molecule has 2 amide bonds. The summed E-state index contributed by atoms with van der Waals surface area (Å²) in [6, 6.07) is 11.3. The van der Waals surface area contributed by atoms with E-state index in [2.05, 4.69) is 20.9 Å². The maximum Gasteiger partial charge on any atom is 0.416 e. The summed E-state index contributed by atoms with van der Waals surface area (Å²) in [5, 5.41) is 10.5. The molecule has 246 valence electrons. The Balaban J connectivity index is 1.28. The molecule has 2 saturated heterocycles. The summed E-state index contributed by atoms with van der Waals surface area (Å²) in [4.78, 5) is 32.2. The SMILES string of the molecule is CC1=C2[C@@H](CC/C(=C/c3cc(Br)ccc3O)c3ccccn3)OC[C@@H]2[C@@H]2C(=O)N(c3cc(C(F)(F)F)cc(C(F)(F)F)c3)C(=O)[C@@H]2C1. The molecule has 0 saturated carbocycles. The number of halogens is 7. The molecule has 2 aliphatic heterocycles. The van der Waals surface area contributed by atoms with E-state index in [4.69, 9.17) is 4.74 Å². The Kier molecular flexibility index (Phi) is 8.58. The van der Waals surface area contributed by atoms with Crippen molar-refractivity contribution < 1.29 is 45.8 Å². The highest BCUT2D eigenvalue weighted by Gasteiger charge is 2.57. The van der Waals surface area contributed by atoms with Crippen LogP contribution in [0.2, 0.25) is 0 Å². The van der Waals surface area contributed by atoms with Gasteiger partial charge in [0, 0.05) is 22.2 Å². The molecular weight excluding hydrogens is 694 g/mol. The molecule has 3 aliphatic rings. The zero-order valence-electron chi connectivity index (χ0n) is 24.7. The molecule has 1 aromatic heterocycles. The molecular formula is C34H27BrF6N2O4. The van der Waals surface area contributed by atoms with Crippen molar-refractivity contribution >= 4 is 45.1 Å². The number of carbonyl (C=O) groups is 2. The highest BCUT2D eigenvalue weighted by atomic mass is 79.9. The standard InChI is InChI=1S/C34H27BrF6N2O4/c1-17-10-24-30(32(46)43(31(24)45)23-14-20(33(36,37)38)13-21(15-23)34(39,40)41)25-16-47-28(29(17)25)8-5-18(26-4-2-3-9-42-26)11-19-12-22(35)6-7-27(19)44/h2-4,6-7,9,11-15,24-25,28,30,44H,5,8,10,16H2,1H3/b18-11-/t24-,25+,28-,30-/m1/s1. The van der Waals surface area contributed by atoms with Gasteiger partial charge in [-0.05, 0) is 91.9 Å². The molecule has 47 heavy (non-hydrogen) atoms. The maximum absolute atomic E-state index is 13.8. The van der Waals surface area contributed by atoms with Crippen molar-refractivity contribution in [3.63, 3.8) is 0 Å². The van der Waals surface area contributed by atoms with Gasteiger partial charge in [-0.15, -0.1) is 0 Å². The molecule has 4 atom stereocenters. The van der Waals surface area contributed by atoms with Gasteiger partial charge in [0.25, 0.3) is 0 Å². The van der Waals surface area contributed by atoms with Gasteiger partial charge in [-0.2, -0.15) is 26.3 Å². The number of carbonyl (C=O) groups excluding carboxylic acids is 2. The fourth-order valence-electron chi connectivity index (χ4n) is 6.89. The summed E-state index contributed by atoms with van der Waals surface area (Å²) in [6.07, 6.45) is -6.22. The lowest BCUT2D eigenvalue weighted by Gasteiger charge is -2.30. The first kappa shape index (κ1) is 33.0. The van der Waals surface area contributed by atoms with Gasteiger partial charge in [0.05, 0.1) is 47.1 Å². The van der Waals surface area contributed by atoms with Gasteiger partial charge >= 0.3 is 12.4 Å². The van der Waals surface area contributed by atoms with Gasteiger partial charge in [-0.25, -0.2) is 4.90 Å². The number of rotatable bonds is 6. The minimum Gasteiger partial charge on any atom is -0.507 e.